The van der Waals surface area contributed by atoms with Crippen molar-refractivity contribution >= 4 is 64.6 Å². The van der Waals surface area contributed by atoms with E-state index in [9.17, 15) is 0 Å². The molecule has 0 amide bonds. The number of fused-ring (bicyclic) bond motifs is 3. The van der Waals surface area contributed by atoms with Crippen molar-refractivity contribution in [3.8, 4) is 77.9 Å². The molecule has 0 N–H and O–H groups in total. The smallest absolute Gasteiger partial charge is 0.00139 e. The van der Waals surface area contributed by atoms with Gasteiger partial charge in [0, 0.05) is 0 Å². The highest BCUT2D eigenvalue weighted by molar-refractivity contribution is 6.32. The zero-order valence-corrected chi connectivity index (χ0v) is 40.2. The summed E-state index contributed by atoms with van der Waals surface area (Å²) in [6.07, 6.45) is 0. The molecule has 0 aromatic heterocycles. The molecular formula is C72H48. The van der Waals surface area contributed by atoms with E-state index in [1.54, 1.807) is 0 Å². The van der Waals surface area contributed by atoms with Crippen molar-refractivity contribution in [3.05, 3.63) is 266 Å². The van der Waals surface area contributed by atoms with Crippen LogP contribution in [-0.2, 0) is 0 Å². The molecule has 0 unspecified atom stereocenters. The number of hydrogen-bond donors (Lipinski definition) is 0. The molecule has 0 aliphatic heterocycles. The predicted octanol–water partition coefficient (Wildman–Crippen LogP) is 20.3. The van der Waals surface area contributed by atoms with Crippen LogP contribution >= 0.6 is 0 Å². The summed E-state index contributed by atoms with van der Waals surface area (Å²) in [6, 6.07) is 95.3. The van der Waals surface area contributed by atoms with Crippen LogP contribution in [0.25, 0.3) is 143 Å². The topological polar surface area (TPSA) is 0 Å². The lowest BCUT2D eigenvalue weighted by Crippen LogP contribution is -1.95. The second-order valence-corrected chi connectivity index (χ2v) is 19.7. The maximum Gasteiger partial charge on any atom is -0.00139 e. The molecular weight excluding hydrogens is 865 g/mol. The van der Waals surface area contributed by atoms with Gasteiger partial charge in [0.15, 0.2) is 0 Å². The Morgan fingerprint density at radius 1 is 0.181 bits per heavy atom. The van der Waals surface area contributed by atoms with Gasteiger partial charge < -0.3 is 0 Å². The van der Waals surface area contributed by atoms with Crippen LogP contribution in [0.4, 0.5) is 0 Å². The molecule has 72 heavy (non-hydrogen) atoms. The monoisotopic (exact) mass is 912 g/mol. The summed E-state index contributed by atoms with van der Waals surface area (Å²) < 4.78 is 0. The van der Waals surface area contributed by atoms with Crippen molar-refractivity contribution in [3.63, 3.8) is 0 Å². The molecule has 0 bridgehead atoms. The Hall–Kier alpha value is -9.10. The van der Waals surface area contributed by atoms with Gasteiger partial charge in [-0.2, -0.15) is 0 Å². The average Bonchev–Trinajstić information content (AvgIpc) is 3.43. The summed E-state index contributed by atoms with van der Waals surface area (Å²) >= 11 is 0. The Labute approximate surface area is 420 Å². The predicted molar refractivity (Wildman–Crippen MR) is 310 cm³/mol. The summed E-state index contributed by atoms with van der Waals surface area (Å²) in [5.41, 5.74) is 19.7. The third kappa shape index (κ3) is 6.90. The van der Waals surface area contributed by atoms with Crippen LogP contribution in [0.3, 0.4) is 0 Å². The molecule has 14 aromatic rings. The van der Waals surface area contributed by atoms with Crippen molar-refractivity contribution in [1.82, 2.24) is 0 Å². The van der Waals surface area contributed by atoms with E-state index in [0.29, 0.717) is 0 Å². The first kappa shape index (κ1) is 41.8. The van der Waals surface area contributed by atoms with Crippen LogP contribution in [0.5, 0.6) is 0 Å². The molecule has 0 heteroatoms. The highest BCUT2D eigenvalue weighted by Gasteiger charge is 2.22. The number of aryl methyl sites for hydroxylation is 2. The molecule has 0 heterocycles. The van der Waals surface area contributed by atoms with Crippen molar-refractivity contribution < 1.29 is 0 Å². The maximum atomic E-state index is 2.46. The second kappa shape index (κ2) is 16.8. The van der Waals surface area contributed by atoms with Crippen LogP contribution in [0.1, 0.15) is 11.1 Å². The van der Waals surface area contributed by atoms with Gasteiger partial charge in [-0.15, -0.1) is 0 Å². The normalized spacial score (nSPS) is 11.8. The van der Waals surface area contributed by atoms with Crippen LogP contribution in [0.15, 0.2) is 255 Å². The van der Waals surface area contributed by atoms with Gasteiger partial charge in [0.2, 0.25) is 0 Å². The summed E-state index contributed by atoms with van der Waals surface area (Å²) in [5, 5.41) is 15.2. The Morgan fingerprint density at radius 3 is 0.764 bits per heavy atom. The summed E-state index contributed by atoms with van der Waals surface area (Å²) in [4.78, 5) is 0. The quantitative estimate of drug-likeness (QED) is 0.140. The highest BCUT2D eigenvalue weighted by Crippen LogP contribution is 2.49. The minimum absolute atomic E-state index is 1.20. The lowest BCUT2D eigenvalue weighted by Gasteiger charge is -2.22. The van der Waals surface area contributed by atoms with Gasteiger partial charge in [0.05, 0.1) is 0 Å². The van der Waals surface area contributed by atoms with E-state index in [2.05, 4.69) is 269 Å². The van der Waals surface area contributed by atoms with E-state index >= 15 is 0 Å². The largest absolute Gasteiger partial charge is 0.0616 e. The fourth-order valence-corrected chi connectivity index (χ4v) is 12.0. The van der Waals surface area contributed by atoms with Crippen molar-refractivity contribution in [2.75, 3.05) is 0 Å². The third-order valence-corrected chi connectivity index (χ3v) is 15.3. The minimum atomic E-state index is 1.20. The lowest BCUT2D eigenvalue weighted by molar-refractivity contribution is 1.39. The Balaban J connectivity index is 1.01. The van der Waals surface area contributed by atoms with Crippen LogP contribution < -0.4 is 0 Å². The fraction of sp³-hybridized carbons (Fsp3) is 0.0278. The van der Waals surface area contributed by atoms with Gasteiger partial charge in [-0.25, -0.2) is 0 Å². The van der Waals surface area contributed by atoms with Crippen molar-refractivity contribution in [1.29, 1.82) is 0 Å². The third-order valence-electron chi connectivity index (χ3n) is 15.3. The van der Waals surface area contributed by atoms with Crippen molar-refractivity contribution in [2.24, 2.45) is 0 Å². The zero-order valence-electron chi connectivity index (χ0n) is 40.2. The minimum Gasteiger partial charge on any atom is -0.0616 e. The van der Waals surface area contributed by atoms with Gasteiger partial charge in [-0.1, -0.05) is 254 Å². The molecule has 0 aliphatic rings. The molecule has 0 nitrogen and oxygen atoms in total. The first-order chi connectivity index (χ1) is 35.5. The van der Waals surface area contributed by atoms with Gasteiger partial charge in [-0.05, 0) is 169 Å². The van der Waals surface area contributed by atoms with E-state index in [1.807, 2.05) is 0 Å². The molecule has 0 spiro atoms. The van der Waals surface area contributed by atoms with Gasteiger partial charge in [-0.3, -0.25) is 0 Å². The Bertz CT molecular complexity index is 4240. The van der Waals surface area contributed by atoms with Crippen LogP contribution in [0.2, 0.25) is 0 Å². The fourth-order valence-electron chi connectivity index (χ4n) is 12.0. The molecule has 336 valence electrons. The number of benzene rings is 14. The first-order valence-electron chi connectivity index (χ1n) is 25.1. The SMILES string of the molecule is Cc1cc(C)cc(-c2cc(-c3ccc(-c4cccc5ccccc45)cc3)c3ccc4c(-c5ccc(-c6cccc7ccccc67)cc5)cc(-c5ccc(-c6cccc7ccccc67)cc5)c5ccc2c3c45)c1. The molecule has 0 atom stereocenters. The Kier molecular flexibility index (Phi) is 9.76. The highest BCUT2D eigenvalue weighted by atomic mass is 14.2. The van der Waals surface area contributed by atoms with E-state index < -0.39 is 0 Å². The number of hydrogen-bond acceptors (Lipinski definition) is 0. The molecule has 0 aliphatic carbocycles. The summed E-state index contributed by atoms with van der Waals surface area (Å²) in [5.74, 6) is 0. The molecule has 14 rings (SSSR count). The van der Waals surface area contributed by atoms with E-state index in [4.69, 9.17) is 0 Å². The van der Waals surface area contributed by atoms with E-state index in [1.165, 1.54) is 154 Å². The van der Waals surface area contributed by atoms with Gasteiger partial charge >= 0.3 is 0 Å². The Morgan fingerprint density at radius 2 is 0.444 bits per heavy atom. The van der Waals surface area contributed by atoms with E-state index in [-0.39, 0.29) is 0 Å². The van der Waals surface area contributed by atoms with E-state index in [0.717, 1.165) is 0 Å². The maximum absolute atomic E-state index is 2.46. The van der Waals surface area contributed by atoms with Crippen LogP contribution in [-0.4, -0.2) is 0 Å². The standard InChI is InChI=1S/C72H48/c1-45-40-46(2)42-56(41-45)70-44-69(55-34-28-52(29-35-55)62-23-11-17-49-14-5-8-20-59(49)62)65-37-36-63-67(53-30-24-50(25-31-53)60-21-9-15-47-12-3-6-18-57(47)60)43-68(64-38-39-66(70)72(65)71(63)64)54-32-26-51(27-33-54)61-22-10-16-48-13-4-7-19-58(48)61/h3-44H,1-2H3. The summed E-state index contributed by atoms with van der Waals surface area (Å²) in [7, 11) is 0. The molecule has 0 saturated carbocycles. The zero-order chi connectivity index (χ0) is 47.9. The molecule has 0 radical (unpaired) electrons. The molecule has 0 fully saturated rings. The second-order valence-electron chi connectivity index (χ2n) is 19.7. The molecule has 14 aromatic carbocycles. The van der Waals surface area contributed by atoms with Crippen molar-refractivity contribution in [2.45, 2.75) is 13.8 Å². The van der Waals surface area contributed by atoms with Gasteiger partial charge in [0.1, 0.15) is 0 Å². The molecule has 0 saturated heterocycles. The average molecular weight is 913 g/mol. The first-order valence-corrected chi connectivity index (χ1v) is 25.1. The number of rotatable bonds is 7. The lowest BCUT2D eigenvalue weighted by atomic mass is 9.81. The summed E-state index contributed by atoms with van der Waals surface area (Å²) in [6.45, 7) is 4.43. The van der Waals surface area contributed by atoms with Gasteiger partial charge in [0.25, 0.3) is 0 Å². The van der Waals surface area contributed by atoms with Crippen LogP contribution in [0, 0.1) is 13.8 Å².